The summed E-state index contributed by atoms with van der Waals surface area (Å²) in [6.07, 6.45) is -10.3. The normalized spacial score (nSPS) is 12.3. The fraction of sp³-hybridized carbons (Fsp3) is 0.133. The van der Waals surface area contributed by atoms with Crippen LogP contribution in [0, 0.1) is 11.6 Å². The van der Waals surface area contributed by atoms with Crippen LogP contribution in [0.2, 0.25) is 0 Å². The Morgan fingerprint density at radius 3 is 1.29 bits per heavy atom. The van der Waals surface area contributed by atoms with Crippen LogP contribution in [-0.4, -0.2) is 5.78 Å². The predicted octanol–water partition coefficient (Wildman–Crippen LogP) is 5.23. The van der Waals surface area contributed by atoms with E-state index in [4.69, 9.17) is 0 Å². The zero-order chi connectivity index (χ0) is 18.3. The van der Waals surface area contributed by atoms with Crippen molar-refractivity contribution in [3.8, 4) is 0 Å². The summed E-state index contributed by atoms with van der Waals surface area (Å²) in [4.78, 5) is 12.2. The molecule has 0 spiro atoms. The molecular formula is C15H6F8O. The summed E-state index contributed by atoms with van der Waals surface area (Å²) < 4.78 is 103. The van der Waals surface area contributed by atoms with Crippen molar-refractivity contribution in [2.75, 3.05) is 0 Å². The van der Waals surface area contributed by atoms with Gasteiger partial charge >= 0.3 is 12.4 Å². The van der Waals surface area contributed by atoms with Gasteiger partial charge in [-0.05, 0) is 36.4 Å². The first-order valence-corrected chi connectivity index (χ1v) is 6.19. The van der Waals surface area contributed by atoms with Crippen molar-refractivity contribution < 1.29 is 39.9 Å². The van der Waals surface area contributed by atoms with Gasteiger partial charge in [0, 0.05) is 11.1 Å². The Morgan fingerprint density at radius 2 is 1.00 bits per heavy atom. The highest BCUT2D eigenvalue weighted by Gasteiger charge is 2.39. The lowest BCUT2D eigenvalue weighted by Crippen LogP contribution is -2.18. The van der Waals surface area contributed by atoms with Gasteiger partial charge in [0.2, 0.25) is 0 Å². The number of benzene rings is 2. The highest BCUT2D eigenvalue weighted by Crippen LogP contribution is 2.37. The SMILES string of the molecule is O=C(c1ccc(F)cc1C(F)(F)F)c1ccc(F)cc1C(F)(F)F. The first kappa shape index (κ1) is 17.9. The van der Waals surface area contributed by atoms with Gasteiger partial charge in [-0.2, -0.15) is 26.3 Å². The second-order valence-electron chi connectivity index (χ2n) is 4.70. The number of carbonyl (C=O) groups is 1. The molecule has 0 aliphatic heterocycles. The molecule has 0 bridgehead atoms. The average Bonchev–Trinajstić information content (AvgIpc) is 2.44. The molecule has 24 heavy (non-hydrogen) atoms. The van der Waals surface area contributed by atoms with Gasteiger partial charge in [0.05, 0.1) is 11.1 Å². The summed E-state index contributed by atoms with van der Waals surface area (Å²) in [6, 6.07) is 1.90. The van der Waals surface area contributed by atoms with Crippen LogP contribution >= 0.6 is 0 Å². The smallest absolute Gasteiger partial charge is 0.289 e. The van der Waals surface area contributed by atoms with E-state index in [0.717, 1.165) is 0 Å². The molecule has 0 fully saturated rings. The summed E-state index contributed by atoms with van der Waals surface area (Å²) in [7, 11) is 0. The maximum absolute atomic E-state index is 13.0. The van der Waals surface area contributed by atoms with Gasteiger partial charge in [0.15, 0.2) is 5.78 Å². The maximum atomic E-state index is 13.0. The van der Waals surface area contributed by atoms with E-state index in [1.54, 1.807) is 0 Å². The van der Waals surface area contributed by atoms with Crippen molar-refractivity contribution >= 4 is 5.78 Å². The number of ketones is 1. The van der Waals surface area contributed by atoms with E-state index < -0.39 is 52.0 Å². The van der Waals surface area contributed by atoms with E-state index in [1.165, 1.54) is 0 Å². The minimum Gasteiger partial charge on any atom is -0.289 e. The Hall–Kier alpha value is -2.45. The fourth-order valence-corrected chi connectivity index (χ4v) is 2.04. The van der Waals surface area contributed by atoms with Crippen LogP contribution in [0.4, 0.5) is 35.1 Å². The van der Waals surface area contributed by atoms with Gasteiger partial charge in [-0.15, -0.1) is 0 Å². The minimum atomic E-state index is -5.16. The van der Waals surface area contributed by atoms with Crippen LogP contribution in [0.15, 0.2) is 36.4 Å². The van der Waals surface area contributed by atoms with Gasteiger partial charge in [-0.25, -0.2) is 8.78 Å². The fourth-order valence-electron chi connectivity index (χ4n) is 2.04. The topological polar surface area (TPSA) is 17.1 Å². The number of halogens is 8. The quantitative estimate of drug-likeness (QED) is 0.533. The molecule has 0 radical (unpaired) electrons. The number of rotatable bonds is 2. The molecule has 0 aromatic heterocycles. The molecule has 0 N–H and O–H groups in total. The van der Waals surface area contributed by atoms with Gasteiger partial charge in [0.1, 0.15) is 11.6 Å². The molecule has 0 heterocycles. The van der Waals surface area contributed by atoms with E-state index in [-0.39, 0.29) is 12.1 Å². The molecule has 0 unspecified atom stereocenters. The summed E-state index contributed by atoms with van der Waals surface area (Å²) in [6.45, 7) is 0. The molecule has 2 rings (SSSR count). The van der Waals surface area contributed by atoms with Crippen LogP contribution in [0.5, 0.6) is 0 Å². The highest BCUT2D eigenvalue weighted by molar-refractivity contribution is 6.11. The first-order valence-electron chi connectivity index (χ1n) is 6.19. The number of carbonyl (C=O) groups excluding carboxylic acids is 1. The van der Waals surface area contributed by atoms with Gasteiger partial charge in [-0.3, -0.25) is 4.79 Å². The van der Waals surface area contributed by atoms with Crippen LogP contribution < -0.4 is 0 Å². The average molecular weight is 354 g/mol. The van der Waals surface area contributed by atoms with E-state index in [9.17, 15) is 39.9 Å². The Labute approximate surface area is 129 Å². The molecule has 9 heteroatoms. The summed E-state index contributed by atoms with van der Waals surface area (Å²) in [5.41, 5.74) is -5.77. The second-order valence-corrected chi connectivity index (χ2v) is 4.70. The summed E-state index contributed by atoms with van der Waals surface area (Å²) in [5, 5.41) is 0. The highest BCUT2D eigenvalue weighted by atomic mass is 19.4. The zero-order valence-corrected chi connectivity index (χ0v) is 11.4. The molecular weight excluding hydrogens is 348 g/mol. The van der Waals surface area contributed by atoms with Gasteiger partial charge in [0.25, 0.3) is 0 Å². The molecule has 0 saturated carbocycles. The monoisotopic (exact) mass is 354 g/mol. The third-order valence-corrected chi connectivity index (χ3v) is 3.06. The summed E-state index contributed by atoms with van der Waals surface area (Å²) in [5.74, 6) is -4.27. The standard InChI is InChI=1S/C15H6F8O/c16-7-1-3-9(11(5-7)14(18,19)20)13(24)10-4-2-8(17)6-12(10)15(21,22)23/h1-6H. The number of hydrogen-bond donors (Lipinski definition) is 0. The van der Waals surface area contributed by atoms with E-state index in [1.807, 2.05) is 0 Å². The molecule has 0 saturated heterocycles. The Morgan fingerprint density at radius 1 is 0.667 bits per heavy atom. The van der Waals surface area contributed by atoms with Crippen LogP contribution in [0.3, 0.4) is 0 Å². The second kappa shape index (κ2) is 5.88. The number of hydrogen-bond acceptors (Lipinski definition) is 1. The maximum Gasteiger partial charge on any atom is 0.417 e. The lowest BCUT2D eigenvalue weighted by molar-refractivity contribution is -0.138. The molecule has 0 aliphatic carbocycles. The van der Waals surface area contributed by atoms with Crippen molar-refractivity contribution in [1.29, 1.82) is 0 Å². The van der Waals surface area contributed by atoms with E-state index in [0.29, 0.717) is 24.3 Å². The first-order chi connectivity index (χ1) is 10.9. The molecule has 128 valence electrons. The molecule has 1 nitrogen and oxygen atoms in total. The van der Waals surface area contributed by atoms with E-state index in [2.05, 4.69) is 0 Å². The van der Waals surface area contributed by atoms with Crippen molar-refractivity contribution in [3.63, 3.8) is 0 Å². The summed E-state index contributed by atoms with van der Waals surface area (Å²) >= 11 is 0. The molecule has 0 atom stereocenters. The van der Waals surface area contributed by atoms with Gasteiger partial charge < -0.3 is 0 Å². The Balaban J connectivity index is 2.68. The predicted molar refractivity (Wildman–Crippen MR) is 66.2 cm³/mol. The van der Waals surface area contributed by atoms with E-state index >= 15 is 0 Å². The van der Waals surface area contributed by atoms with Crippen molar-refractivity contribution in [3.05, 3.63) is 70.3 Å². The lowest BCUT2D eigenvalue weighted by atomic mass is 9.94. The third-order valence-electron chi connectivity index (χ3n) is 3.06. The van der Waals surface area contributed by atoms with Crippen molar-refractivity contribution in [1.82, 2.24) is 0 Å². The van der Waals surface area contributed by atoms with Crippen molar-refractivity contribution in [2.24, 2.45) is 0 Å². The van der Waals surface area contributed by atoms with Gasteiger partial charge in [-0.1, -0.05) is 0 Å². The third kappa shape index (κ3) is 3.55. The zero-order valence-electron chi connectivity index (χ0n) is 11.4. The largest absolute Gasteiger partial charge is 0.417 e. The molecule has 2 aromatic rings. The molecule has 0 amide bonds. The lowest BCUT2D eigenvalue weighted by Gasteiger charge is -2.15. The molecule has 2 aromatic carbocycles. The minimum absolute atomic E-state index is 0.00399. The Bertz CT molecular complexity index is 724. The Kier molecular flexibility index (Phi) is 4.38. The van der Waals surface area contributed by atoms with Crippen LogP contribution in [0.1, 0.15) is 27.0 Å². The van der Waals surface area contributed by atoms with Crippen molar-refractivity contribution in [2.45, 2.75) is 12.4 Å². The number of alkyl halides is 6. The molecule has 0 aliphatic rings. The van der Waals surface area contributed by atoms with Crippen LogP contribution in [0.25, 0.3) is 0 Å². The van der Waals surface area contributed by atoms with Crippen LogP contribution in [-0.2, 0) is 12.4 Å².